The topological polar surface area (TPSA) is 107 Å². The van der Waals surface area contributed by atoms with Gasteiger partial charge in [0, 0.05) is 10.4 Å². The summed E-state index contributed by atoms with van der Waals surface area (Å²) in [6.45, 7) is 4.38. The number of ether oxygens (including phenoxy) is 1. The molecule has 7 nitrogen and oxygen atoms in total. The van der Waals surface area contributed by atoms with Crippen molar-refractivity contribution in [1.82, 2.24) is 20.4 Å². The summed E-state index contributed by atoms with van der Waals surface area (Å²) in [6, 6.07) is 27.5. The number of rotatable bonds is 8. The maximum Gasteiger partial charge on any atom is 0.268 e. The fraction of sp³-hybridized carbons (Fsp3) is 0.118. The van der Waals surface area contributed by atoms with Crippen LogP contribution < -0.4 is 15.9 Å². The first-order valence-electron chi connectivity index (χ1n) is 13.8. The quantitative estimate of drug-likeness (QED) is 0.124. The third kappa shape index (κ3) is 6.06. The molecule has 44 heavy (non-hydrogen) atoms. The first kappa shape index (κ1) is 30.2. The molecule has 0 aliphatic heterocycles. The number of aryl methyl sites for hydroxylation is 2. The highest BCUT2D eigenvalue weighted by atomic mass is 79.9. The van der Waals surface area contributed by atoms with E-state index in [9.17, 15) is 9.59 Å². The first-order chi connectivity index (χ1) is 21.2. The van der Waals surface area contributed by atoms with Crippen LogP contribution in [-0.2, 0) is 6.61 Å². The molecule has 0 unspecified atom stereocenters. The molecule has 222 valence electrons. The molecule has 0 bridgehead atoms. The lowest BCUT2D eigenvalue weighted by Crippen LogP contribution is -2.20. The SMILES string of the molecule is Cc1ccc(-c2[nH][nH]c(=O)c2C(c2cc(Br)c(OCc3ccc(Br)cc3)c(Br)c2)c2c(-c3ccc(C)cc3)[nH][nH]c2=O)cc1. The van der Waals surface area contributed by atoms with Crippen molar-refractivity contribution in [3.63, 3.8) is 0 Å². The molecule has 0 amide bonds. The number of H-pyrrole nitrogens is 4. The van der Waals surface area contributed by atoms with Crippen molar-refractivity contribution in [2.24, 2.45) is 0 Å². The number of halogens is 3. The third-order valence-corrected chi connectivity index (χ3v) is 9.24. The molecule has 0 radical (unpaired) electrons. The molecule has 0 saturated heterocycles. The molecule has 6 aromatic rings. The van der Waals surface area contributed by atoms with Crippen LogP contribution in [0.2, 0.25) is 0 Å². The molecule has 10 heteroatoms. The van der Waals surface area contributed by atoms with Crippen molar-refractivity contribution in [3.05, 3.63) is 152 Å². The van der Waals surface area contributed by atoms with Gasteiger partial charge in [0.2, 0.25) is 0 Å². The Kier molecular flexibility index (Phi) is 8.66. The van der Waals surface area contributed by atoms with Crippen LogP contribution in [-0.4, -0.2) is 20.4 Å². The number of benzene rings is 4. The molecule has 0 fully saturated rings. The summed E-state index contributed by atoms with van der Waals surface area (Å²) in [7, 11) is 0. The first-order valence-corrected chi connectivity index (χ1v) is 16.2. The van der Waals surface area contributed by atoms with E-state index >= 15 is 0 Å². The highest BCUT2D eigenvalue weighted by molar-refractivity contribution is 9.11. The molecule has 0 aliphatic rings. The summed E-state index contributed by atoms with van der Waals surface area (Å²) in [6.07, 6.45) is 0. The van der Waals surface area contributed by atoms with E-state index in [0.29, 0.717) is 43.8 Å². The van der Waals surface area contributed by atoms with Crippen LogP contribution in [0, 0.1) is 13.8 Å². The highest BCUT2D eigenvalue weighted by Crippen LogP contribution is 2.43. The van der Waals surface area contributed by atoms with Gasteiger partial charge in [0.05, 0.1) is 31.5 Å². The van der Waals surface area contributed by atoms with Gasteiger partial charge in [-0.05, 0) is 92.2 Å². The van der Waals surface area contributed by atoms with E-state index in [0.717, 1.165) is 37.9 Å². The van der Waals surface area contributed by atoms with Gasteiger partial charge in [-0.25, -0.2) is 0 Å². The van der Waals surface area contributed by atoms with Gasteiger partial charge in [-0.3, -0.25) is 30.0 Å². The van der Waals surface area contributed by atoms with Crippen molar-refractivity contribution < 1.29 is 4.74 Å². The number of hydrogen-bond acceptors (Lipinski definition) is 3. The van der Waals surface area contributed by atoms with Gasteiger partial charge in [-0.15, -0.1) is 0 Å². The Labute approximate surface area is 278 Å². The number of hydrogen-bond donors (Lipinski definition) is 4. The lowest BCUT2D eigenvalue weighted by atomic mass is 9.83. The minimum atomic E-state index is -0.749. The molecule has 2 aromatic heterocycles. The number of nitrogens with one attached hydrogen (secondary N) is 4. The fourth-order valence-electron chi connectivity index (χ4n) is 5.28. The number of aromatic amines is 4. The van der Waals surface area contributed by atoms with Crippen LogP contribution in [0.25, 0.3) is 22.5 Å². The van der Waals surface area contributed by atoms with Crippen LogP contribution in [0.1, 0.15) is 39.3 Å². The molecular formula is C34H27Br3N4O3. The summed E-state index contributed by atoms with van der Waals surface area (Å²) in [5.74, 6) is -0.139. The zero-order chi connectivity index (χ0) is 31.0. The highest BCUT2D eigenvalue weighted by Gasteiger charge is 2.32. The minimum Gasteiger partial charge on any atom is -0.487 e. The molecular weight excluding hydrogens is 752 g/mol. The third-order valence-electron chi connectivity index (χ3n) is 7.54. The van der Waals surface area contributed by atoms with Gasteiger partial charge in [0.1, 0.15) is 12.4 Å². The van der Waals surface area contributed by atoms with Crippen LogP contribution in [0.5, 0.6) is 5.75 Å². The lowest BCUT2D eigenvalue weighted by Gasteiger charge is -2.20. The van der Waals surface area contributed by atoms with Crippen LogP contribution in [0.3, 0.4) is 0 Å². The lowest BCUT2D eigenvalue weighted by molar-refractivity contribution is 0.302. The van der Waals surface area contributed by atoms with Crippen LogP contribution in [0.4, 0.5) is 0 Å². The van der Waals surface area contributed by atoms with Crippen molar-refractivity contribution in [3.8, 4) is 28.3 Å². The molecule has 0 spiro atoms. The minimum absolute atomic E-state index is 0.316. The zero-order valence-electron chi connectivity index (χ0n) is 23.7. The summed E-state index contributed by atoms with van der Waals surface area (Å²) < 4.78 is 8.56. The van der Waals surface area contributed by atoms with Gasteiger partial charge in [-0.2, -0.15) is 0 Å². The van der Waals surface area contributed by atoms with Crippen molar-refractivity contribution in [2.75, 3.05) is 0 Å². The van der Waals surface area contributed by atoms with E-state index in [4.69, 9.17) is 4.74 Å². The molecule has 6 rings (SSSR count). The Balaban J connectivity index is 1.52. The summed E-state index contributed by atoms with van der Waals surface area (Å²) in [4.78, 5) is 27.3. The Hall–Kier alpha value is -3.86. The average molecular weight is 779 g/mol. The largest absolute Gasteiger partial charge is 0.487 e. The Morgan fingerprint density at radius 1 is 0.636 bits per heavy atom. The van der Waals surface area contributed by atoms with E-state index in [1.165, 1.54) is 0 Å². The second-order valence-electron chi connectivity index (χ2n) is 10.6. The molecule has 2 heterocycles. The van der Waals surface area contributed by atoms with Gasteiger partial charge in [-0.1, -0.05) is 87.7 Å². The zero-order valence-corrected chi connectivity index (χ0v) is 28.5. The van der Waals surface area contributed by atoms with E-state index < -0.39 is 5.92 Å². The fourth-order valence-corrected chi connectivity index (χ4v) is 6.99. The second kappa shape index (κ2) is 12.6. The van der Waals surface area contributed by atoms with E-state index in [1.807, 2.05) is 98.8 Å². The Bertz CT molecular complexity index is 1930. The van der Waals surface area contributed by atoms with Gasteiger partial charge < -0.3 is 4.74 Å². The summed E-state index contributed by atoms with van der Waals surface area (Å²) >= 11 is 10.9. The second-order valence-corrected chi connectivity index (χ2v) is 13.3. The van der Waals surface area contributed by atoms with Crippen molar-refractivity contribution in [1.29, 1.82) is 0 Å². The maximum absolute atomic E-state index is 13.7. The molecule has 4 N–H and O–H groups in total. The average Bonchev–Trinajstić information content (AvgIpc) is 3.57. The maximum atomic E-state index is 13.7. The predicted octanol–water partition coefficient (Wildman–Crippen LogP) is 8.72. The van der Waals surface area contributed by atoms with Crippen molar-refractivity contribution >= 4 is 47.8 Å². The van der Waals surface area contributed by atoms with Gasteiger partial charge in [0.25, 0.3) is 11.1 Å². The smallest absolute Gasteiger partial charge is 0.268 e. The predicted molar refractivity (Wildman–Crippen MR) is 184 cm³/mol. The van der Waals surface area contributed by atoms with Crippen LogP contribution in [0.15, 0.2) is 108 Å². The summed E-state index contributed by atoms with van der Waals surface area (Å²) in [5.41, 5.74) is 7.01. The van der Waals surface area contributed by atoms with E-state index in [1.54, 1.807) is 0 Å². The van der Waals surface area contributed by atoms with Gasteiger partial charge in [0.15, 0.2) is 0 Å². The Morgan fingerprint density at radius 2 is 1.09 bits per heavy atom. The normalized spacial score (nSPS) is 11.3. The standard InChI is InChI=1S/C34H27Br3N4O3/c1-18-3-9-21(10-4-18)30-28(33(42)40-38-30)27(29-31(39-41-34(29)43)22-11-5-19(2)6-12-22)23-15-25(36)32(26(37)16-23)44-17-20-7-13-24(35)14-8-20/h3-16,27H,17H2,1-2H3,(H2,38,40,42)(H2,39,41,43). The van der Waals surface area contributed by atoms with Crippen molar-refractivity contribution in [2.45, 2.75) is 26.4 Å². The molecule has 0 saturated carbocycles. The number of aromatic nitrogens is 4. The monoisotopic (exact) mass is 776 g/mol. The summed E-state index contributed by atoms with van der Waals surface area (Å²) in [5, 5.41) is 11.7. The molecule has 0 aliphatic carbocycles. The van der Waals surface area contributed by atoms with Gasteiger partial charge >= 0.3 is 0 Å². The van der Waals surface area contributed by atoms with E-state index in [2.05, 4.69) is 68.2 Å². The molecule has 0 atom stereocenters. The molecule has 4 aromatic carbocycles. The van der Waals surface area contributed by atoms with Crippen LogP contribution >= 0.6 is 47.8 Å². The van der Waals surface area contributed by atoms with E-state index in [-0.39, 0.29) is 11.1 Å². The Morgan fingerprint density at radius 3 is 1.55 bits per heavy atom.